The van der Waals surface area contributed by atoms with E-state index in [2.05, 4.69) is 31.8 Å². The van der Waals surface area contributed by atoms with Gasteiger partial charge >= 0.3 is 0 Å². The number of phenols is 1. The molecule has 0 heterocycles. The van der Waals surface area contributed by atoms with Gasteiger partial charge in [-0.1, -0.05) is 30.2 Å². The maximum atomic E-state index is 12.0. The van der Waals surface area contributed by atoms with E-state index < -0.39 is 0 Å². The first kappa shape index (κ1) is 24.7. The molecule has 0 unspecified atom stereocenters. The monoisotopic (exact) mass is 509 g/mol. The molecule has 7 nitrogen and oxygen atoms in total. The van der Waals surface area contributed by atoms with Crippen LogP contribution in [0.4, 0.5) is 0 Å². The van der Waals surface area contributed by atoms with E-state index in [4.69, 9.17) is 16.3 Å². The smallest absolute Gasteiger partial charge is 0.252 e. The van der Waals surface area contributed by atoms with E-state index in [-0.39, 0.29) is 17.6 Å². The van der Waals surface area contributed by atoms with Crippen LogP contribution in [0.2, 0.25) is 5.02 Å². The number of hydrazone groups is 1. The van der Waals surface area contributed by atoms with E-state index in [0.717, 1.165) is 12.8 Å². The number of nitrogens with one attached hydrogen (secondary N) is 2. The van der Waals surface area contributed by atoms with Crippen LogP contribution in [0.15, 0.2) is 46.0 Å². The fraction of sp³-hybridized carbons (Fsp3) is 0.318. The largest absolute Gasteiger partial charge is 0.503 e. The molecule has 0 aliphatic rings. The number of unbranched alkanes of at least 4 members (excludes halogenated alkanes) is 2. The first-order valence-electron chi connectivity index (χ1n) is 9.92. The number of phenolic OH excluding ortho intramolecular Hbond substituents is 1. The first-order valence-corrected chi connectivity index (χ1v) is 11.1. The van der Waals surface area contributed by atoms with Crippen molar-refractivity contribution < 1.29 is 19.4 Å². The van der Waals surface area contributed by atoms with E-state index >= 15 is 0 Å². The van der Waals surface area contributed by atoms with Crippen molar-refractivity contribution in [3.8, 4) is 11.5 Å². The molecule has 0 radical (unpaired) electrons. The van der Waals surface area contributed by atoms with Crippen molar-refractivity contribution in [1.29, 1.82) is 0 Å². The zero-order chi connectivity index (χ0) is 22.6. The third kappa shape index (κ3) is 8.22. The summed E-state index contributed by atoms with van der Waals surface area (Å²) in [6.45, 7) is 2.75. The highest BCUT2D eigenvalue weighted by atomic mass is 79.9. The number of halogens is 2. The van der Waals surface area contributed by atoms with Crippen LogP contribution in [-0.2, 0) is 4.79 Å². The van der Waals surface area contributed by atoms with Crippen molar-refractivity contribution in [2.75, 3.05) is 13.2 Å². The van der Waals surface area contributed by atoms with Crippen LogP contribution in [0.25, 0.3) is 0 Å². The van der Waals surface area contributed by atoms with Crippen molar-refractivity contribution in [3.63, 3.8) is 0 Å². The summed E-state index contributed by atoms with van der Waals surface area (Å²) in [5, 5.41) is 17.1. The Hall–Kier alpha value is -2.58. The Balaban J connectivity index is 1.65. The number of nitrogens with zero attached hydrogens (tertiary/aromatic N) is 1. The Morgan fingerprint density at radius 3 is 2.74 bits per heavy atom. The molecule has 2 amide bonds. The van der Waals surface area contributed by atoms with E-state index in [1.54, 1.807) is 36.4 Å². The first-order chi connectivity index (χ1) is 14.9. The lowest BCUT2D eigenvalue weighted by Crippen LogP contribution is -2.24. The van der Waals surface area contributed by atoms with Gasteiger partial charge < -0.3 is 15.2 Å². The molecule has 2 aromatic rings. The molecule has 0 aromatic heterocycles. The molecule has 31 heavy (non-hydrogen) atoms. The van der Waals surface area contributed by atoms with Crippen molar-refractivity contribution >= 4 is 45.6 Å². The number of carbonyl (C=O) groups is 2. The molecule has 0 bridgehead atoms. The zero-order valence-electron chi connectivity index (χ0n) is 17.2. The molecule has 3 N–H and O–H groups in total. The van der Waals surface area contributed by atoms with E-state index in [1.807, 2.05) is 6.92 Å². The zero-order valence-corrected chi connectivity index (χ0v) is 19.5. The van der Waals surface area contributed by atoms with Gasteiger partial charge in [-0.15, -0.1) is 0 Å². The van der Waals surface area contributed by atoms with Crippen molar-refractivity contribution in [1.82, 2.24) is 10.7 Å². The average Bonchev–Trinajstić information content (AvgIpc) is 2.74. The van der Waals surface area contributed by atoms with Gasteiger partial charge in [-0.05, 0) is 65.5 Å². The molecule has 0 aliphatic heterocycles. The number of aromatic hydroxyl groups is 1. The third-order valence-corrected chi connectivity index (χ3v) is 5.17. The maximum Gasteiger partial charge on any atom is 0.252 e. The summed E-state index contributed by atoms with van der Waals surface area (Å²) in [5.74, 6) is -0.0392. The molecule has 0 atom stereocenters. The van der Waals surface area contributed by atoms with E-state index in [1.165, 1.54) is 6.21 Å². The minimum absolute atomic E-state index is 0.0195. The van der Waals surface area contributed by atoms with Crippen LogP contribution in [-0.4, -0.2) is 36.3 Å². The number of amides is 2. The summed E-state index contributed by atoms with van der Waals surface area (Å²) >= 11 is 9.25. The van der Waals surface area contributed by atoms with Gasteiger partial charge in [0.1, 0.15) is 0 Å². The van der Waals surface area contributed by atoms with Gasteiger partial charge in [0.05, 0.1) is 27.9 Å². The molecular formula is C22H25BrClN3O4. The summed E-state index contributed by atoms with van der Waals surface area (Å²) in [6.07, 6.45) is 4.05. The highest BCUT2D eigenvalue weighted by Gasteiger charge is 2.09. The predicted octanol–water partition coefficient (Wildman–Crippen LogP) is 4.65. The van der Waals surface area contributed by atoms with Gasteiger partial charge in [0, 0.05) is 13.0 Å². The fourth-order valence-electron chi connectivity index (χ4n) is 2.70. The summed E-state index contributed by atoms with van der Waals surface area (Å²) in [7, 11) is 0. The SMILES string of the molecule is CCOc1cc(/C=N/NC(=O)CCCCCNC(=O)c2ccccc2Cl)cc(Br)c1O. The number of benzene rings is 2. The van der Waals surface area contributed by atoms with Crippen LogP contribution in [0.3, 0.4) is 0 Å². The fourth-order valence-corrected chi connectivity index (χ4v) is 3.38. The molecule has 0 saturated carbocycles. The third-order valence-electron chi connectivity index (χ3n) is 4.24. The summed E-state index contributed by atoms with van der Waals surface area (Å²) in [4.78, 5) is 23.9. The van der Waals surface area contributed by atoms with E-state index in [9.17, 15) is 14.7 Å². The molecule has 0 spiro atoms. The standard InChI is InChI=1S/C22H25BrClN3O4/c1-2-31-19-13-15(12-17(23)21(19)29)14-26-27-20(28)10-4-3-7-11-25-22(30)16-8-5-6-9-18(16)24/h5-6,8-9,12-14,29H,2-4,7,10-11H2,1H3,(H,25,30)(H,27,28)/b26-14+. The minimum Gasteiger partial charge on any atom is -0.503 e. The second-order valence-electron chi connectivity index (χ2n) is 6.62. The van der Waals surface area contributed by atoms with E-state index in [0.29, 0.717) is 52.4 Å². The van der Waals surface area contributed by atoms with Gasteiger partial charge in [-0.3, -0.25) is 9.59 Å². The lowest BCUT2D eigenvalue weighted by molar-refractivity contribution is -0.121. The van der Waals surface area contributed by atoms with Gasteiger partial charge in [-0.2, -0.15) is 5.10 Å². The Kier molecular flexibility index (Phi) is 10.3. The van der Waals surface area contributed by atoms with Gasteiger partial charge in [0.25, 0.3) is 5.91 Å². The highest BCUT2D eigenvalue weighted by Crippen LogP contribution is 2.35. The summed E-state index contributed by atoms with van der Waals surface area (Å²) in [5.41, 5.74) is 3.60. The number of carbonyl (C=O) groups excluding carboxylic acids is 2. The second-order valence-corrected chi connectivity index (χ2v) is 7.88. The topological polar surface area (TPSA) is 100 Å². The molecule has 166 valence electrons. The number of hydrogen-bond donors (Lipinski definition) is 3. The van der Waals surface area contributed by atoms with Crippen LogP contribution in [0, 0.1) is 0 Å². The Morgan fingerprint density at radius 2 is 2.00 bits per heavy atom. The number of hydrogen-bond acceptors (Lipinski definition) is 5. The molecule has 2 rings (SSSR count). The molecule has 9 heteroatoms. The lowest BCUT2D eigenvalue weighted by Gasteiger charge is -2.08. The van der Waals surface area contributed by atoms with Crippen molar-refractivity contribution in [3.05, 3.63) is 57.0 Å². The molecule has 0 saturated heterocycles. The normalized spacial score (nSPS) is 10.8. The minimum atomic E-state index is -0.203. The number of ether oxygens (including phenoxy) is 1. The predicted molar refractivity (Wildman–Crippen MR) is 125 cm³/mol. The Morgan fingerprint density at radius 1 is 1.23 bits per heavy atom. The Labute approximate surface area is 195 Å². The Bertz CT molecular complexity index is 937. The van der Waals surface area contributed by atoms with Gasteiger partial charge in [0.2, 0.25) is 5.91 Å². The molecule has 0 fully saturated rings. The molecule has 2 aromatic carbocycles. The van der Waals surface area contributed by atoms with Crippen LogP contribution in [0.5, 0.6) is 11.5 Å². The summed E-state index contributed by atoms with van der Waals surface area (Å²) < 4.78 is 5.83. The van der Waals surface area contributed by atoms with Crippen molar-refractivity contribution in [2.24, 2.45) is 5.10 Å². The summed E-state index contributed by atoms with van der Waals surface area (Å²) in [6, 6.07) is 10.2. The van der Waals surface area contributed by atoms with Crippen LogP contribution < -0.4 is 15.5 Å². The molecular weight excluding hydrogens is 486 g/mol. The number of rotatable bonds is 11. The highest BCUT2D eigenvalue weighted by molar-refractivity contribution is 9.10. The van der Waals surface area contributed by atoms with Crippen molar-refractivity contribution in [2.45, 2.75) is 32.6 Å². The lowest BCUT2D eigenvalue weighted by atomic mass is 10.1. The maximum absolute atomic E-state index is 12.0. The molecule has 0 aliphatic carbocycles. The van der Waals surface area contributed by atoms with Gasteiger partial charge in [-0.25, -0.2) is 5.43 Å². The van der Waals surface area contributed by atoms with Crippen LogP contribution >= 0.6 is 27.5 Å². The van der Waals surface area contributed by atoms with Crippen LogP contribution in [0.1, 0.15) is 48.5 Å². The van der Waals surface area contributed by atoms with Gasteiger partial charge in [0.15, 0.2) is 11.5 Å². The quantitative estimate of drug-likeness (QED) is 0.233. The average molecular weight is 511 g/mol. The second kappa shape index (κ2) is 13.0.